The van der Waals surface area contributed by atoms with E-state index in [0.29, 0.717) is 23.5 Å². The van der Waals surface area contributed by atoms with Gasteiger partial charge in [-0.15, -0.1) is 12.4 Å². The molecule has 0 aliphatic heterocycles. The lowest BCUT2D eigenvalue weighted by Crippen LogP contribution is -2.26. The molecular formula is C13H22ClNO4. The topological polar surface area (TPSA) is 84.9 Å². The number of aromatic hydroxyl groups is 1. The molecule has 1 rings (SSSR count). The summed E-state index contributed by atoms with van der Waals surface area (Å²) < 4.78 is 10.2. The van der Waals surface area contributed by atoms with Gasteiger partial charge in [0.05, 0.1) is 31.9 Å². The summed E-state index contributed by atoms with van der Waals surface area (Å²) in [6.07, 6.45) is 0.660. The third-order valence-corrected chi connectivity index (χ3v) is 2.88. The number of phenolic OH excluding ortho intramolecular Hbond substituents is 1. The summed E-state index contributed by atoms with van der Waals surface area (Å²) in [6, 6.07) is 2.40. The molecule has 6 heteroatoms. The van der Waals surface area contributed by atoms with Crippen LogP contribution in [-0.4, -0.2) is 30.5 Å². The summed E-state index contributed by atoms with van der Waals surface area (Å²) in [4.78, 5) is 0. The number of rotatable bonds is 6. The summed E-state index contributed by atoms with van der Waals surface area (Å²) >= 11 is 0. The molecule has 0 amide bonds. The van der Waals surface area contributed by atoms with Crippen LogP contribution in [0.5, 0.6) is 17.2 Å². The molecule has 110 valence electrons. The molecule has 2 atom stereocenters. The van der Waals surface area contributed by atoms with Crippen LogP contribution in [0.15, 0.2) is 12.1 Å². The van der Waals surface area contributed by atoms with Gasteiger partial charge < -0.3 is 25.4 Å². The van der Waals surface area contributed by atoms with E-state index < -0.39 is 12.1 Å². The predicted molar refractivity (Wildman–Crippen MR) is 76.3 cm³/mol. The van der Waals surface area contributed by atoms with Crippen LogP contribution in [0.4, 0.5) is 0 Å². The first-order valence-corrected chi connectivity index (χ1v) is 5.93. The van der Waals surface area contributed by atoms with Crippen molar-refractivity contribution in [2.45, 2.75) is 31.9 Å². The Morgan fingerprint density at radius 2 is 1.89 bits per heavy atom. The van der Waals surface area contributed by atoms with Gasteiger partial charge in [-0.05, 0) is 6.42 Å². The quantitative estimate of drug-likeness (QED) is 0.746. The van der Waals surface area contributed by atoms with Gasteiger partial charge in [0.25, 0.3) is 0 Å². The van der Waals surface area contributed by atoms with Crippen LogP contribution in [0.3, 0.4) is 0 Å². The van der Waals surface area contributed by atoms with Gasteiger partial charge in [0.15, 0.2) is 0 Å². The number of aliphatic hydroxyl groups excluding tert-OH is 1. The third-order valence-electron chi connectivity index (χ3n) is 2.88. The van der Waals surface area contributed by atoms with Gasteiger partial charge in [0, 0.05) is 12.1 Å². The Labute approximate surface area is 119 Å². The molecular weight excluding hydrogens is 270 g/mol. The third kappa shape index (κ3) is 4.16. The summed E-state index contributed by atoms with van der Waals surface area (Å²) in [5.41, 5.74) is 6.36. The van der Waals surface area contributed by atoms with E-state index in [1.54, 1.807) is 6.07 Å². The summed E-state index contributed by atoms with van der Waals surface area (Å²) in [7, 11) is 2.98. The lowest BCUT2D eigenvalue weighted by atomic mass is 9.97. The highest BCUT2D eigenvalue weighted by Gasteiger charge is 2.24. The van der Waals surface area contributed by atoms with Gasteiger partial charge in [-0.3, -0.25) is 0 Å². The summed E-state index contributed by atoms with van der Waals surface area (Å²) in [5.74, 6) is 0.855. The standard InChI is InChI=1S/C13H21NO4.ClH/c1-4-5-9(15)13(14)12-10(16)6-8(17-2)7-11(12)18-3;/h6-7,9,13,15-16H,4-5,14H2,1-3H3;1H/t9-,13-;/m0./s1. The van der Waals surface area contributed by atoms with Crippen LogP contribution in [0, 0.1) is 0 Å². The first kappa shape index (κ1) is 17.8. The molecule has 0 heterocycles. The van der Waals surface area contributed by atoms with Gasteiger partial charge in [0.1, 0.15) is 17.2 Å². The Balaban J connectivity index is 0.00000324. The molecule has 1 aromatic carbocycles. The number of halogens is 1. The van der Waals surface area contributed by atoms with Crippen LogP contribution in [0.2, 0.25) is 0 Å². The number of methoxy groups -OCH3 is 2. The monoisotopic (exact) mass is 291 g/mol. The molecule has 0 aliphatic carbocycles. The molecule has 0 saturated heterocycles. The van der Waals surface area contributed by atoms with Crippen molar-refractivity contribution in [3.8, 4) is 17.2 Å². The SMILES string of the molecule is CCC[C@H](O)[C@H](N)c1c(O)cc(OC)cc1OC.Cl. The van der Waals surface area contributed by atoms with E-state index in [-0.39, 0.29) is 18.2 Å². The van der Waals surface area contributed by atoms with E-state index in [1.165, 1.54) is 20.3 Å². The van der Waals surface area contributed by atoms with Crippen LogP contribution in [0.1, 0.15) is 31.4 Å². The normalized spacial score (nSPS) is 13.3. The first-order valence-electron chi connectivity index (χ1n) is 5.93. The maximum Gasteiger partial charge on any atom is 0.131 e. The Morgan fingerprint density at radius 1 is 1.26 bits per heavy atom. The van der Waals surface area contributed by atoms with E-state index in [4.69, 9.17) is 15.2 Å². The molecule has 1 aromatic rings. The zero-order valence-corrected chi connectivity index (χ0v) is 12.2. The predicted octanol–water partition coefficient (Wildman–Crippen LogP) is 1.99. The molecule has 0 bridgehead atoms. The molecule has 5 nitrogen and oxygen atoms in total. The maximum atomic E-state index is 9.97. The molecule has 4 N–H and O–H groups in total. The molecule has 0 saturated carbocycles. The van der Waals surface area contributed by atoms with Crippen LogP contribution >= 0.6 is 12.4 Å². The summed E-state index contributed by atoms with van der Waals surface area (Å²) in [5, 5.41) is 19.9. The largest absolute Gasteiger partial charge is 0.507 e. The van der Waals surface area contributed by atoms with E-state index >= 15 is 0 Å². The number of hydrogen-bond acceptors (Lipinski definition) is 5. The lowest BCUT2D eigenvalue weighted by Gasteiger charge is -2.22. The molecule has 0 aromatic heterocycles. The van der Waals surface area contributed by atoms with Crippen LogP contribution < -0.4 is 15.2 Å². The molecule has 0 radical (unpaired) electrons. The van der Waals surface area contributed by atoms with Crippen molar-refractivity contribution in [3.63, 3.8) is 0 Å². The maximum absolute atomic E-state index is 9.97. The number of phenols is 1. The van der Waals surface area contributed by atoms with Gasteiger partial charge >= 0.3 is 0 Å². The van der Waals surface area contributed by atoms with Gasteiger partial charge in [-0.25, -0.2) is 0 Å². The fourth-order valence-electron chi connectivity index (χ4n) is 1.88. The second-order valence-electron chi connectivity index (χ2n) is 4.14. The Bertz CT molecular complexity index is 400. The number of benzene rings is 1. The molecule has 0 aliphatic rings. The molecule has 0 spiro atoms. The van der Waals surface area contributed by atoms with Crippen LogP contribution in [0.25, 0.3) is 0 Å². The molecule has 0 fully saturated rings. The number of nitrogens with two attached hydrogens (primary N) is 1. The van der Waals surface area contributed by atoms with Crippen molar-refractivity contribution < 1.29 is 19.7 Å². The minimum Gasteiger partial charge on any atom is -0.507 e. The molecule has 0 unspecified atom stereocenters. The van der Waals surface area contributed by atoms with Gasteiger partial charge in [0.2, 0.25) is 0 Å². The molecule has 19 heavy (non-hydrogen) atoms. The van der Waals surface area contributed by atoms with Crippen molar-refractivity contribution in [1.82, 2.24) is 0 Å². The van der Waals surface area contributed by atoms with E-state index in [2.05, 4.69) is 0 Å². The second kappa shape index (κ2) is 8.09. The highest BCUT2D eigenvalue weighted by molar-refractivity contribution is 5.85. The Kier molecular flexibility index (Phi) is 7.59. The highest BCUT2D eigenvalue weighted by Crippen LogP contribution is 2.38. The van der Waals surface area contributed by atoms with Crippen LogP contribution in [-0.2, 0) is 0 Å². The fourth-order valence-corrected chi connectivity index (χ4v) is 1.88. The van der Waals surface area contributed by atoms with Gasteiger partial charge in [-0.1, -0.05) is 13.3 Å². The number of hydrogen-bond donors (Lipinski definition) is 3. The van der Waals surface area contributed by atoms with E-state index in [9.17, 15) is 10.2 Å². The average Bonchev–Trinajstić information content (AvgIpc) is 2.37. The van der Waals surface area contributed by atoms with Crippen molar-refractivity contribution in [2.75, 3.05) is 14.2 Å². The van der Waals surface area contributed by atoms with E-state index in [1.807, 2.05) is 6.92 Å². The van der Waals surface area contributed by atoms with E-state index in [0.717, 1.165) is 6.42 Å². The highest BCUT2D eigenvalue weighted by atomic mass is 35.5. The summed E-state index contributed by atoms with van der Waals surface area (Å²) in [6.45, 7) is 1.96. The number of aliphatic hydroxyl groups is 1. The second-order valence-corrected chi connectivity index (χ2v) is 4.14. The zero-order chi connectivity index (χ0) is 13.7. The van der Waals surface area contributed by atoms with Crippen molar-refractivity contribution >= 4 is 12.4 Å². The number of ether oxygens (including phenoxy) is 2. The smallest absolute Gasteiger partial charge is 0.131 e. The Hall–Kier alpha value is -1.17. The average molecular weight is 292 g/mol. The zero-order valence-electron chi connectivity index (χ0n) is 11.4. The van der Waals surface area contributed by atoms with Crippen molar-refractivity contribution in [2.24, 2.45) is 5.73 Å². The van der Waals surface area contributed by atoms with Crippen molar-refractivity contribution in [1.29, 1.82) is 0 Å². The lowest BCUT2D eigenvalue weighted by molar-refractivity contribution is 0.131. The first-order chi connectivity index (χ1) is 8.54. The van der Waals surface area contributed by atoms with Gasteiger partial charge in [-0.2, -0.15) is 0 Å². The van der Waals surface area contributed by atoms with Crippen molar-refractivity contribution in [3.05, 3.63) is 17.7 Å². The Morgan fingerprint density at radius 3 is 2.37 bits per heavy atom. The fraction of sp³-hybridized carbons (Fsp3) is 0.538. The minimum absolute atomic E-state index is 0. The minimum atomic E-state index is -0.719.